The third kappa shape index (κ3) is 4.66. The summed E-state index contributed by atoms with van der Waals surface area (Å²) < 4.78 is 1.92. The molecule has 0 unspecified atom stereocenters. The van der Waals surface area contributed by atoms with E-state index in [0.29, 0.717) is 28.8 Å². The molecule has 0 aliphatic heterocycles. The Kier molecular flexibility index (Phi) is 5.80. The summed E-state index contributed by atoms with van der Waals surface area (Å²) in [5, 5.41) is 14.8. The molecule has 0 radical (unpaired) electrons. The fourth-order valence-electron chi connectivity index (χ4n) is 2.96. The molecule has 3 rings (SSSR count). The fraction of sp³-hybridized carbons (Fsp3) is 0.471. The summed E-state index contributed by atoms with van der Waals surface area (Å²) in [7, 11) is 0. The van der Waals surface area contributed by atoms with E-state index in [4.69, 9.17) is 0 Å². The molecule has 1 fully saturated rings. The number of carbonyl (C=O) groups is 2. The highest BCUT2D eigenvalue weighted by molar-refractivity contribution is 7.99. The topological polar surface area (TPSA) is 89.8 Å². The zero-order valence-corrected chi connectivity index (χ0v) is 15.0. The number of carbonyl (C=O) groups excluding carboxylic acids is 2. The third-order valence-electron chi connectivity index (χ3n) is 4.27. The van der Waals surface area contributed by atoms with Gasteiger partial charge in [0.05, 0.1) is 17.5 Å². The van der Waals surface area contributed by atoms with E-state index in [-0.39, 0.29) is 11.7 Å². The number of aromatic nitrogens is 4. The van der Waals surface area contributed by atoms with Crippen molar-refractivity contribution in [1.29, 1.82) is 0 Å². The van der Waals surface area contributed by atoms with Gasteiger partial charge in [0.15, 0.2) is 11.6 Å². The standard InChI is InChI=1S/C17H21N5O2S/c1-12(23)13-6-8-14(9-7-13)18-17(24)11-25-10-16-19-20-21-22(16)15-4-2-3-5-15/h6-9,15H,2-5,10-11H2,1H3,(H,18,24). The molecule has 2 aromatic rings. The van der Waals surface area contributed by atoms with Gasteiger partial charge in [0, 0.05) is 11.3 Å². The number of rotatable bonds is 7. The van der Waals surface area contributed by atoms with Crippen molar-refractivity contribution in [3.63, 3.8) is 0 Å². The zero-order chi connectivity index (χ0) is 17.6. The zero-order valence-electron chi connectivity index (χ0n) is 14.1. The number of nitrogens with one attached hydrogen (secondary N) is 1. The number of hydrogen-bond donors (Lipinski definition) is 1. The summed E-state index contributed by atoms with van der Waals surface area (Å²) in [4.78, 5) is 23.3. The van der Waals surface area contributed by atoms with E-state index in [1.807, 2.05) is 4.68 Å². The molecule has 25 heavy (non-hydrogen) atoms. The minimum absolute atomic E-state index is 0.00779. The van der Waals surface area contributed by atoms with E-state index in [2.05, 4.69) is 20.8 Å². The van der Waals surface area contributed by atoms with E-state index < -0.39 is 0 Å². The number of amides is 1. The van der Waals surface area contributed by atoms with E-state index in [0.717, 1.165) is 18.7 Å². The first-order valence-electron chi connectivity index (χ1n) is 8.39. The van der Waals surface area contributed by atoms with Gasteiger partial charge in [-0.1, -0.05) is 12.8 Å². The van der Waals surface area contributed by atoms with Crippen molar-refractivity contribution in [3.8, 4) is 0 Å². The van der Waals surface area contributed by atoms with E-state index in [9.17, 15) is 9.59 Å². The SMILES string of the molecule is CC(=O)c1ccc(NC(=O)CSCc2nnnn2C2CCCC2)cc1. The Morgan fingerprint density at radius 2 is 1.96 bits per heavy atom. The van der Waals surface area contributed by atoms with Gasteiger partial charge < -0.3 is 5.32 Å². The number of anilines is 1. The van der Waals surface area contributed by atoms with Gasteiger partial charge in [-0.05, 0) is 54.5 Å². The molecule has 8 heteroatoms. The number of ketones is 1. The molecule has 0 saturated heterocycles. The second-order valence-corrected chi connectivity index (χ2v) is 7.14. The van der Waals surface area contributed by atoms with Gasteiger partial charge in [-0.3, -0.25) is 9.59 Å². The quantitative estimate of drug-likeness (QED) is 0.765. The molecular weight excluding hydrogens is 338 g/mol. The molecule has 1 aromatic carbocycles. The monoisotopic (exact) mass is 359 g/mol. The maximum atomic E-state index is 12.0. The molecule has 7 nitrogen and oxygen atoms in total. The van der Waals surface area contributed by atoms with Crippen molar-refractivity contribution >= 4 is 29.1 Å². The van der Waals surface area contributed by atoms with Crippen LogP contribution in [0, 0.1) is 0 Å². The molecule has 0 spiro atoms. The molecule has 1 aromatic heterocycles. The van der Waals surface area contributed by atoms with Gasteiger partial charge >= 0.3 is 0 Å². The van der Waals surface area contributed by atoms with Crippen molar-refractivity contribution < 1.29 is 9.59 Å². The predicted molar refractivity (Wildman–Crippen MR) is 96.6 cm³/mol. The van der Waals surface area contributed by atoms with Crippen molar-refractivity contribution in [2.75, 3.05) is 11.1 Å². The molecule has 0 bridgehead atoms. The minimum atomic E-state index is -0.0829. The van der Waals surface area contributed by atoms with Crippen LogP contribution < -0.4 is 5.32 Å². The summed E-state index contributed by atoms with van der Waals surface area (Å²) in [5.74, 6) is 1.69. The van der Waals surface area contributed by atoms with Crippen molar-refractivity contribution in [1.82, 2.24) is 20.2 Å². The van der Waals surface area contributed by atoms with Gasteiger partial charge in [0.25, 0.3) is 0 Å². The summed E-state index contributed by atoms with van der Waals surface area (Å²) in [6.07, 6.45) is 4.70. The van der Waals surface area contributed by atoms with Crippen LogP contribution in [-0.4, -0.2) is 37.7 Å². The van der Waals surface area contributed by atoms with Crippen LogP contribution in [0.4, 0.5) is 5.69 Å². The lowest BCUT2D eigenvalue weighted by Gasteiger charge is -2.11. The Hall–Kier alpha value is -2.22. The van der Waals surface area contributed by atoms with E-state index in [1.54, 1.807) is 24.3 Å². The average Bonchev–Trinajstić information content (AvgIpc) is 3.26. The summed E-state index contributed by atoms with van der Waals surface area (Å²) in [6, 6.07) is 7.29. The Bertz CT molecular complexity index is 738. The lowest BCUT2D eigenvalue weighted by molar-refractivity contribution is -0.113. The highest BCUT2D eigenvalue weighted by Crippen LogP contribution is 2.29. The van der Waals surface area contributed by atoms with Crippen LogP contribution in [0.1, 0.15) is 54.8 Å². The van der Waals surface area contributed by atoms with Gasteiger partial charge in [-0.15, -0.1) is 16.9 Å². The molecule has 1 N–H and O–H groups in total. The van der Waals surface area contributed by atoms with Crippen molar-refractivity contribution in [2.45, 2.75) is 44.4 Å². The van der Waals surface area contributed by atoms with Crippen LogP contribution in [0.5, 0.6) is 0 Å². The Labute approximate surface area is 150 Å². The van der Waals surface area contributed by atoms with E-state index >= 15 is 0 Å². The first-order chi connectivity index (χ1) is 12.1. The highest BCUT2D eigenvalue weighted by Gasteiger charge is 2.21. The first-order valence-corrected chi connectivity index (χ1v) is 9.54. The third-order valence-corrected chi connectivity index (χ3v) is 5.20. The second kappa shape index (κ2) is 8.24. The molecule has 1 aliphatic carbocycles. The smallest absolute Gasteiger partial charge is 0.234 e. The van der Waals surface area contributed by atoms with Crippen LogP contribution in [0.2, 0.25) is 0 Å². The number of thioether (sulfide) groups is 1. The second-order valence-electron chi connectivity index (χ2n) is 6.15. The summed E-state index contributed by atoms with van der Waals surface area (Å²) >= 11 is 1.49. The maximum absolute atomic E-state index is 12.0. The molecule has 1 amide bonds. The number of benzene rings is 1. The van der Waals surface area contributed by atoms with Crippen molar-refractivity contribution in [2.24, 2.45) is 0 Å². The molecule has 1 saturated carbocycles. The van der Waals surface area contributed by atoms with Gasteiger partial charge in [0.2, 0.25) is 5.91 Å². The number of nitrogens with zero attached hydrogens (tertiary/aromatic N) is 4. The molecule has 1 heterocycles. The lowest BCUT2D eigenvalue weighted by Crippen LogP contribution is -2.15. The molecular formula is C17H21N5O2S. The molecule has 0 atom stereocenters. The lowest BCUT2D eigenvalue weighted by atomic mass is 10.1. The van der Waals surface area contributed by atoms with Crippen LogP contribution in [0.25, 0.3) is 0 Å². The Morgan fingerprint density at radius 3 is 2.64 bits per heavy atom. The molecule has 1 aliphatic rings. The predicted octanol–water partition coefficient (Wildman–Crippen LogP) is 2.86. The van der Waals surface area contributed by atoms with Crippen LogP contribution >= 0.6 is 11.8 Å². The van der Waals surface area contributed by atoms with Gasteiger partial charge in [-0.25, -0.2) is 4.68 Å². The number of hydrogen-bond acceptors (Lipinski definition) is 6. The number of Topliss-reactive ketones (excluding diaryl/α,β-unsaturated/α-hetero) is 1. The summed E-state index contributed by atoms with van der Waals surface area (Å²) in [5.41, 5.74) is 1.32. The van der Waals surface area contributed by atoms with E-state index in [1.165, 1.54) is 31.5 Å². The Balaban J connectivity index is 1.46. The first kappa shape index (κ1) is 17.6. The van der Waals surface area contributed by atoms with Crippen LogP contribution in [-0.2, 0) is 10.5 Å². The van der Waals surface area contributed by atoms with Gasteiger partial charge in [0.1, 0.15) is 0 Å². The Morgan fingerprint density at radius 1 is 1.24 bits per heavy atom. The number of tetrazole rings is 1. The fourth-order valence-corrected chi connectivity index (χ4v) is 3.69. The minimum Gasteiger partial charge on any atom is -0.325 e. The average molecular weight is 359 g/mol. The van der Waals surface area contributed by atoms with Crippen LogP contribution in [0.15, 0.2) is 24.3 Å². The van der Waals surface area contributed by atoms with Gasteiger partial charge in [-0.2, -0.15) is 0 Å². The highest BCUT2D eigenvalue weighted by atomic mass is 32.2. The normalized spacial score (nSPS) is 14.6. The van der Waals surface area contributed by atoms with Crippen molar-refractivity contribution in [3.05, 3.63) is 35.7 Å². The largest absolute Gasteiger partial charge is 0.325 e. The molecule has 132 valence electrons. The maximum Gasteiger partial charge on any atom is 0.234 e. The van der Waals surface area contributed by atoms with Crippen LogP contribution in [0.3, 0.4) is 0 Å². The summed E-state index contributed by atoms with van der Waals surface area (Å²) in [6.45, 7) is 1.52.